The summed E-state index contributed by atoms with van der Waals surface area (Å²) < 4.78 is 27.3. The van der Waals surface area contributed by atoms with E-state index in [1.807, 2.05) is 27.7 Å². The van der Waals surface area contributed by atoms with Crippen LogP contribution in [-0.2, 0) is 26.2 Å². The molecule has 2 amide bonds. The molecule has 36 heavy (non-hydrogen) atoms. The van der Waals surface area contributed by atoms with E-state index in [4.69, 9.17) is 23.2 Å². The molecule has 198 valence electrons. The molecule has 0 heterocycles. The van der Waals surface area contributed by atoms with Crippen LogP contribution in [0.4, 0.5) is 5.69 Å². The molecule has 0 aliphatic heterocycles. The Labute approximate surface area is 232 Å². The Morgan fingerprint density at radius 3 is 2.25 bits per heavy atom. The highest BCUT2D eigenvalue weighted by molar-refractivity contribution is 9.10. The summed E-state index contributed by atoms with van der Waals surface area (Å²) in [5, 5.41) is 3.70. The first-order valence-electron chi connectivity index (χ1n) is 11.3. The van der Waals surface area contributed by atoms with E-state index in [-0.39, 0.29) is 12.5 Å². The SMILES string of the molecule is CC[C@H](C(=O)NC(C)(C)C)N(Cc1ccc(Cl)cc1Cl)C(=O)CN(c1ccc(Br)c(C)c1)S(C)(=O)=O. The summed E-state index contributed by atoms with van der Waals surface area (Å²) in [4.78, 5) is 28.3. The summed E-state index contributed by atoms with van der Waals surface area (Å²) in [6.07, 6.45) is 1.36. The molecule has 0 saturated carbocycles. The minimum Gasteiger partial charge on any atom is -0.350 e. The number of carbonyl (C=O) groups excluding carboxylic acids is 2. The molecule has 0 aliphatic carbocycles. The maximum absolute atomic E-state index is 13.7. The second kappa shape index (κ2) is 12.2. The van der Waals surface area contributed by atoms with Gasteiger partial charge in [0.25, 0.3) is 0 Å². The average Bonchev–Trinajstić information content (AvgIpc) is 2.73. The fourth-order valence-electron chi connectivity index (χ4n) is 3.60. The number of aryl methyl sites for hydroxylation is 1. The van der Waals surface area contributed by atoms with Crippen LogP contribution in [0.1, 0.15) is 45.2 Å². The lowest BCUT2D eigenvalue weighted by Gasteiger charge is -2.34. The number of nitrogens with zero attached hydrogens (tertiary/aromatic N) is 2. The van der Waals surface area contributed by atoms with Gasteiger partial charge in [0, 0.05) is 26.6 Å². The molecule has 1 atom stereocenters. The van der Waals surface area contributed by atoms with Crippen molar-refractivity contribution < 1.29 is 18.0 Å². The molecule has 0 saturated heterocycles. The maximum Gasteiger partial charge on any atom is 0.244 e. The number of rotatable bonds is 9. The van der Waals surface area contributed by atoms with Gasteiger partial charge in [-0.1, -0.05) is 52.1 Å². The third-order valence-electron chi connectivity index (χ3n) is 5.35. The molecule has 0 unspecified atom stereocenters. The summed E-state index contributed by atoms with van der Waals surface area (Å²) in [5.41, 5.74) is 1.23. The third-order valence-corrected chi connectivity index (χ3v) is 7.97. The van der Waals surface area contributed by atoms with E-state index in [0.29, 0.717) is 27.7 Å². The topological polar surface area (TPSA) is 86.8 Å². The molecular formula is C25H32BrCl2N3O4S. The summed E-state index contributed by atoms with van der Waals surface area (Å²) in [7, 11) is -3.82. The minimum atomic E-state index is -3.82. The highest BCUT2D eigenvalue weighted by atomic mass is 79.9. The molecule has 2 aromatic carbocycles. The van der Waals surface area contributed by atoms with Crippen LogP contribution in [0.3, 0.4) is 0 Å². The number of sulfonamides is 1. The van der Waals surface area contributed by atoms with Gasteiger partial charge >= 0.3 is 0 Å². The molecule has 2 rings (SSSR count). The van der Waals surface area contributed by atoms with Crippen LogP contribution in [-0.4, -0.2) is 49.5 Å². The van der Waals surface area contributed by atoms with Crippen LogP contribution in [0.2, 0.25) is 10.0 Å². The standard InChI is InChI=1S/C25H32BrCl2N3O4S/c1-7-22(24(33)29-25(3,4)5)30(14-17-8-9-18(27)13-21(17)28)23(32)15-31(36(6,34)35)19-10-11-20(26)16(2)12-19/h8-13,22H,7,14-15H2,1-6H3,(H,29,33)/t22-/m1/s1. The number of anilines is 1. The number of benzene rings is 2. The van der Waals surface area contributed by atoms with E-state index in [1.165, 1.54) is 4.90 Å². The number of carbonyl (C=O) groups is 2. The molecule has 0 radical (unpaired) electrons. The monoisotopic (exact) mass is 619 g/mol. The molecule has 0 fully saturated rings. The first-order chi connectivity index (χ1) is 16.5. The molecule has 0 bridgehead atoms. The number of hydrogen-bond acceptors (Lipinski definition) is 4. The van der Waals surface area contributed by atoms with E-state index in [0.717, 1.165) is 20.6 Å². The van der Waals surface area contributed by atoms with Gasteiger partial charge in [0.05, 0.1) is 11.9 Å². The van der Waals surface area contributed by atoms with Crippen molar-refractivity contribution in [3.05, 3.63) is 62.0 Å². The van der Waals surface area contributed by atoms with Crippen LogP contribution in [0.15, 0.2) is 40.9 Å². The van der Waals surface area contributed by atoms with Gasteiger partial charge in [0.15, 0.2) is 0 Å². The van der Waals surface area contributed by atoms with Crippen LogP contribution >= 0.6 is 39.1 Å². The van der Waals surface area contributed by atoms with Crippen molar-refractivity contribution in [1.82, 2.24) is 10.2 Å². The van der Waals surface area contributed by atoms with Gasteiger partial charge in [-0.3, -0.25) is 13.9 Å². The van der Waals surface area contributed by atoms with Gasteiger partial charge < -0.3 is 10.2 Å². The number of amides is 2. The number of hydrogen-bond donors (Lipinski definition) is 1. The lowest BCUT2D eigenvalue weighted by atomic mass is 10.1. The van der Waals surface area contributed by atoms with E-state index >= 15 is 0 Å². The van der Waals surface area contributed by atoms with Gasteiger partial charge in [-0.25, -0.2) is 8.42 Å². The Hall–Kier alpha value is -1.81. The number of nitrogens with one attached hydrogen (secondary N) is 1. The van der Waals surface area contributed by atoms with Gasteiger partial charge in [-0.05, 0) is 75.6 Å². The van der Waals surface area contributed by atoms with E-state index in [1.54, 1.807) is 43.3 Å². The van der Waals surface area contributed by atoms with Crippen molar-refractivity contribution in [1.29, 1.82) is 0 Å². The molecule has 7 nitrogen and oxygen atoms in total. The van der Waals surface area contributed by atoms with Crippen LogP contribution in [0.5, 0.6) is 0 Å². The predicted octanol–water partition coefficient (Wildman–Crippen LogP) is 5.55. The first-order valence-corrected chi connectivity index (χ1v) is 14.7. The fourth-order valence-corrected chi connectivity index (χ4v) is 5.16. The van der Waals surface area contributed by atoms with Crippen molar-refractivity contribution >= 4 is 66.7 Å². The summed E-state index contributed by atoms with van der Waals surface area (Å²) >= 11 is 15.8. The summed E-state index contributed by atoms with van der Waals surface area (Å²) in [6.45, 7) is 8.69. The van der Waals surface area contributed by atoms with Crippen molar-refractivity contribution in [2.75, 3.05) is 17.1 Å². The van der Waals surface area contributed by atoms with Gasteiger partial charge in [0.1, 0.15) is 12.6 Å². The molecule has 2 aromatic rings. The predicted molar refractivity (Wildman–Crippen MR) is 150 cm³/mol. The zero-order valence-electron chi connectivity index (χ0n) is 21.2. The Kier molecular flexibility index (Phi) is 10.3. The fraction of sp³-hybridized carbons (Fsp3) is 0.440. The second-order valence-electron chi connectivity index (χ2n) is 9.62. The largest absolute Gasteiger partial charge is 0.350 e. The van der Waals surface area contributed by atoms with Crippen LogP contribution < -0.4 is 9.62 Å². The zero-order chi connectivity index (χ0) is 27.4. The summed E-state index contributed by atoms with van der Waals surface area (Å²) in [5.74, 6) is -0.878. The van der Waals surface area contributed by atoms with Crippen molar-refractivity contribution in [3.8, 4) is 0 Å². The maximum atomic E-state index is 13.7. The van der Waals surface area contributed by atoms with Crippen molar-refractivity contribution in [3.63, 3.8) is 0 Å². The highest BCUT2D eigenvalue weighted by Gasteiger charge is 2.33. The Bertz CT molecular complexity index is 1230. The third kappa shape index (κ3) is 8.36. The van der Waals surface area contributed by atoms with E-state index in [9.17, 15) is 18.0 Å². The molecule has 0 aliphatic rings. The van der Waals surface area contributed by atoms with Gasteiger partial charge in [0.2, 0.25) is 21.8 Å². The molecule has 0 spiro atoms. The number of halogens is 3. The van der Waals surface area contributed by atoms with E-state index in [2.05, 4.69) is 21.2 Å². The van der Waals surface area contributed by atoms with Crippen LogP contribution in [0.25, 0.3) is 0 Å². The lowest BCUT2D eigenvalue weighted by molar-refractivity contribution is -0.141. The Morgan fingerprint density at radius 2 is 1.75 bits per heavy atom. The average molecular weight is 621 g/mol. The Morgan fingerprint density at radius 1 is 1.11 bits per heavy atom. The zero-order valence-corrected chi connectivity index (χ0v) is 25.1. The van der Waals surface area contributed by atoms with Crippen LogP contribution in [0, 0.1) is 6.92 Å². The Balaban J connectivity index is 2.52. The van der Waals surface area contributed by atoms with Gasteiger partial charge in [-0.15, -0.1) is 0 Å². The normalized spacial score (nSPS) is 12.7. The summed E-state index contributed by atoms with van der Waals surface area (Å²) in [6, 6.07) is 9.07. The lowest BCUT2D eigenvalue weighted by Crippen LogP contribution is -2.55. The second-order valence-corrected chi connectivity index (χ2v) is 13.2. The first kappa shape index (κ1) is 30.4. The molecule has 11 heteroatoms. The van der Waals surface area contributed by atoms with Crippen molar-refractivity contribution in [2.24, 2.45) is 0 Å². The van der Waals surface area contributed by atoms with Crippen molar-refractivity contribution in [2.45, 2.75) is 59.2 Å². The van der Waals surface area contributed by atoms with E-state index < -0.39 is 34.1 Å². The smallest absolute Gasteiger partial charge is 0.244 e. The highest BCUT2D eigenvalue weighted by Crippen LogP contribution is 2.27. The van der Waals surface area contributed by atoms with Gasteiger partial charge in [-0.2, -0.15) is 0 Å². The molecule has 1 N–H and O–H groups in total. The minimum absolute atomic E-state index is 0.00186. The quantitative estimate of drug-likeness (QED) is 0.398. The molecular weight excluding hydrogens is 589 g/mol. The molecule has 0 aromatic heterocycles.